The molecular weight excluding hydrogens is 359 g/mol. The minimum absolute atomic E-state index is 0.345. The maximum atomic E-state index is 6.13. The van der Waals surface area contributed by atoms with Crippen molar-refractivity contribution < 1.29 is 0 Å². The molecule has 3 rings (SSSR count). The van der Waals surface area contributed by atoms with Crippen molar-refractivity contribution in [3.63, 3.8) is 0 Å². The van der Waals surface area contributed by atoms with Gasteiger partial charge in [0.05, 0.1) is 22.6 Å². The van der Waals surface area contributed by atoms with Crippen molar-refractivity contribution in [2.45, 2.75) is 12.8 Å². The Balaban J connectivity index is 2.37. The van der Waals surface area contributed by atoms with Gasteiger partial charge in [-0.2, -0.15) is 0 Å². The van der Waals surface area contributed by atoms with Crippen molar-refractivity contribution in [3.8, 4) is 5.69 Å². The molecule has 0 spiro atoms. The van der Waals surface area contributed by atoms with E-state index in [4.69, 9.17) is 23.2 Å². The van der Waals surface area contributed by atoms with E-state index in [1.807, 2.05) is 43.3 Å². The molecule has 102 valence electrons. The zero-order chi connectivity index (χ0) is 14.3. The fraction of sp³-hybridized carbons (Fsp3) is 0.133. The number of fused-ring (bicyclic) bond motifs is 1. The Labute approximate surface area is 135 Å². The largest absolute Gasteiger partial charge is 0.295 e. The molecule has 0 aliphatic carbocycles. The Kier molecular flexibility index (Phi) is 3.76. The highest BCUT2D eigenvalue weighted by atomic mass is 79.9. The van der Waals surface area contributed by atoms with E-state index in [9.17, 15) is 0 Å². The van der Waals surface area contributed by atoms with Gasteiger partial charge in [0.1, 0.15) is 5.82 Å². The lowest BCUT2D eigenvalue weighted by atomic mass is 10.2. The first kappa shape index (κ1) is 13.9. The van der Waals surface area contributed by atoms with Gasteiger partial charge in [-0.1, -0.05) is 33.6 Å². The average molecular weight is 370 g/mol. The topological polar surface area (TPSA) is 17.8 Å². The molecular formula is C15H11BrCl2N2. The zero-order valence-electron chi connectivity index (χ0n) is 10.7. The number of aryl methyl sites for hydroxylation is 1. The maximum absolute atomic E-state index is 6.13. The van der Waals surface area contributed by atoms with Crippen molar-refractivity contribution in [2.75, 3.05) is 0 Å². The van der Waals surface area contributed by atoms with Crippen LogP contribution in [0.1, 0.15) is 11.4 Å². The molecule has 0 bridgehead atoms. The molecule has 0 aliphatic rings. The third-order valence-corrected chi connectivity index (χ3v) is 4.18. The number of rotatable bonds is 2. The Bertz CT molecular complexity index is 796. The van der Waals surface area contributed by atoms with Gasteiger partial charge in [0.25, 0.3) is 0 Å². The summed E-state index contributed by atoms with van der Waals surface area (Å²) in [6.07, 6.45) is 0. The lowest BCUT2D eigenvalue weighted by Crippen LogP contribution is -2.01. The van der Waals surface area contributed by atoms with Crippen molar-refractivity contribution in [2.24, 2.45) is 0 Å². The van der Waals surface area contributed by atoms with Gasteiger partial charge in [-0.3, -0.25) is 4.57 Å². The molecule has 1 aromatic heterocycles. The Hall–Kier alpha value is -1.03. The number of nitrogens with zero attached hydrogens (tertiary/aromatic N) is 2. The molecule has 2 aromatic carbocycles. The molecule has 2 nitrogen and oxygen atoms in total. The molecule has 0 saturated carbocycles. The lowest BCUT2D eigenvalue weighted by molar-refractivity contribution is 0.972. The van der Waals surface area contributed by atoms with Gasteiger partial charge in [0.2, 0.25) is 0 Å². The van der Waals surface area contributed by atoms with E-state index in [0.717, 1.165) is 32.6 Å². The molecule has 5 heteroatoms. The number of hydrogen-bond acceptors (Lipinski definition) is 1. The van der Waals surface area contributed by atoms with Gasteiger partial charge in [-0.25, -0.2) is 4.98 Å². The van der Waals surface area contributed by atoms with Crippen LogP contribution in [0.2, 0.25) is 5.02 Å². The molecule has 1 heterocycles. The van der Waals surface area contributed by atoms with E-state index in [2.05, 4.69) is 25.5 Å². The van der Waals surface area contributed by atoms with Gasteiger partial charge in [0.15, 0.2) is 0 Å². The van der Waals surface area contributed by atoms with Crippen molar-refractivity contribution in [1.82, 2.24) is 9.55 Å². The normalized spacial score (nSPS) is 11.2. The van der Waals surface area contributed by atoms with Crippen molar-refractivity contribution >= 4 is 50.2 Å². The van der Waals surface area contributed by atoms with Crippen molar-refractivity contribution in [1.29, 1.82) is 0 Å². The summed E-state index contributed by atoms with van der Waals surface area (Å²) in [4.78, 5) is 4.60. The van der Waals surface area contributed by atoms with Gasteiger partial charge in [0, 0.05) is 9.50 Å². The molecule has 0 amide bonds. The van der Waals surface area contributed by atoms with E-state index < -0.39 is 0 Å². The molecule has 20 heavy (non-hydrogen) atoms. The predicted octanol–water partition coefficient (Wildman–Crippen LogP) is 5.49. The van der Waals surface area contributed by atoms with Gasteiger partial charge in [-0.05, 0) is 42.8 Å². The summed E-state index contributed by atoms with van der Waals surface area (Å²) in [6, 6.07) is 11.8. The third-order valence-electron chi connectivity index (χ3n) is 3.22. The minimum Gasteiger partial charge on any atom is -0.295 e. The van der Waals surface area contributed by atoms with Gasteiger partial charge < -0.3 is 0 Å². The first-order valence-electron chi connectivity index (χ1n) is 6.09. The first-order chi connectivity index (χ1) is 9.60. The summed E-state index contributed by atoms with van der Waals surface area (Å²) in [6.45, 7) is 2.05. The zero-order valence-corrected chi connectivity index (χ0v) is 13.8. The second-order valence-electron chi connectivity index (χ2n) is 4.56. The molecule has 0 N–H and O–H groups in total. The number of alkyl halides is 1. The molecule has 0 atom stereocenters. The molecule has 0 fully saturated rings. The molecule has 0 radical (unpaired) electrons. The van der Waals surface area contributed by atoms with E-state index in [1.165, 1.54) is 0 Å². The van der Waals surface area contributed by atoms with Crippen LogP contribution in [-0.2, 0) is 5.88 Å². The van der Waals surface area contributed by atoms with Crippen LogP contribution in [-0.4, -0.2) is 9.55 Å². The Morgan fingerprint density at radius 1 is 1.20 bits per heavy atom. The lowest BCUT2D eigenvalue weighted by Gasteiger charge is -2.11. The maximum Gasteiger partial charge on any atom is 0.129 e. The van der Waals surface area contributed by atoms with Crippen molar-refractivity contribution in [3.05, 3.63) is 57.3 Å². The number of imidazole rings is 1. The fourth-order valence-corrected chi connectivity index (χ4v) is 2.98. The predicted molar refractivity (Wildman–Crippen MR) is 88.1 cm³/mol. The monoisotopic (exact) mass is 368 g/mol. The second kappa shape index (κ2) is 5.40. The summed E-state index contributed by atoms with van der Waals surface area (Å²) < 4.78 is 3.06. The SMILES string of the molecule is Cc1ccc(Cl)cc1-n1c(CCl)nc2cc(Br)ccc21. The van der Waals surface area contributed by atoms with E-state index in [-0.39, 0.29) is 0 Å². The number of hydrogen-bond donors (Lipinski definition) is 0. The Morgan fingerprint density at radius 2 is 2.00 bits per heavy atom. The number of aromatic nitrogens is 2. The fourth-order valence-electron chi connectivity index (χ4n) is 2.29. The average Bonchev–Trinajstić information content (AvgIpc) is 2.78. The summed E-state index contributed by atoms with van der Waals surface area (Å²) >= 11 is 15.7. The smallest absolute Gasteiger partial charge is 0.129 e. The summed E-state index contributed by atoms with van der Waals surface area (Å²) in [5.41, 5.74) is 4.07. The standard InChI is InChI=1S/C15H11BrCl2N2/c1-9-2-4-11(18)7-14(9)20-13-5-3-10(16)6-12(13)19-15(20)8-17/h2-7H,8H2,1H3. The van der Waals surface area contributed by atoms with Crippen LogP contribution < -0.4 is 0 Å². The highest BCUT2D eigenvalue weighted by molar-refractivity contribution is 9.10. The molecule has 3 aromatic rings. The van der Waals surface area contributed by atoms with Crippen LogP contribution in [0.25, 0.3) is 16.7 Å². The highest BCUT2D eigenvalue weighted by Gasteiger charge is 2.14. The van der Waals surface area contributed by atoms with Crippen LogP contribution >= 0.6 is 39.1 Å². The van der Waals surface area contributed by atoms with Gasteiger partial charge >= 0.3 is 0 Å². The molecule has 0 aliphatic heterocycles. The molecule has 0 saturated heterocycles. The Morgan fingerprint density at radius 3 is 2.75 bits per heavy atom. The van der Waals surface area contributed by atoms with Crippen LogP contribution in [0.5, 0.6) is 0 Å². The summed E-state index contributed by atoms with van der Waals surface area (Å²) in [5, 5.41) is 0.699. The van der Waals surface area contributed by atoms with Crippen LogP contribution in [0.3, 0.4) is 0 Å². The quantitative estimate of drug-likeness (QED) is 0.546. The first-order valence-corrected chi connectivity index (χ1v) is 7.80. The van der Waals surface area contributed by atoms with Crippen LogP contribution in [0.15, 0.2) is 40.9 Å². The molecule has 0 unspecified atom stereocenters. The van der Waals surface area contributed by atoms with E-state index in [1.54, 1.807) is 0 Å². The van der Waals surface area contributed by atoms with Gasteiger partial charge in [-0.15, -0.1) is 11.6 Å². The summed E-state index contributed by atoms with van der Waals surface area (Å²) in [5.74, 6) is 1.16. The summed E-state index contributed by atoms with van der Waals surface area (Å²) in [7, 11) is 0. The number of benzene rings is 2. The van der Waals surface area contributed by atoms with Crippen LogP contribution in [0, 0.1) is 6.92 Å². The number of halogens is 3. The minimum atomic E-state index is 0.345. The van der Waals surface area contributed by atoms with E-state index >= 15 is 0 Å². The van der Waals surface area contributed by atoms with E-state index in [0.29, 0.717) is 10.9 Å². The highest BCUT2D eigenvalue weighted by Crippen LogP contribution is 2.28. The second-order valence-corrected chi connectivity index (χ2v) is 6.18. The third kappa shape index (κ3) is 2.34. The van der Waals surface area contributed by atoms with Crippen LogP contribution in [0.4, 0.5) is 0 Å².